The van der Waals surface area contributed by atoms with Gasteiger partial charge < -0.3 is 91.8 Å². The van der Waals surface area contributed by atoms with E-state index in [-0.39, 0.29) is 25.9 Å². The zero-order valence-corrected chi connectivity index (χ0v) is 35.6. The van der Waals surface area contributed by atoms with Gasteiger partial charge in [-0.25, -0.2) is 9.59 Å². The molecule has 14 N–H and O–H groups in total. The fraction of sp³-hybridized carbons (Fsp3) is 0.784. The van der Waals surface area contributed by atoms with Crippen LogP contribution in [0.2, 0.25) is 0 Å². The monoisotopic (exact) mass is 910 g/mol. The number of nitrogens with one attached hydrogen (secondary N) is 4. The molecule has 2 heterocycles. The van der Waals surface area contributed by atoms with Crippen LogP contribution in [0.1, 0.15) is 73.1 Å². The lowest BCUT2D eigenvalue weighted by molar-refractivity contribution is -0.336. The highest BCUT2D eigenvalue weighted by Gasteiger charge is 2.53. The fourth-order valence-electron chi connectivity index (χ4n) is 6.42. The third kappa shape index (κ3) is 17.1. The van der Waals surface area contributed by atoms with Crippen molar-refractivity contribution in [1.29, 1.82) is 0 Å². The number of nitrogens with two attached hydrogens (primary N) is 2. The van der Waals surface area contributed by atoms with E-state index >= 15 is 0 Å². The number of hydrogen-bond acceptors (Lipinski definition) is 19. The average Bonchev–Trinajstić information content (AvgIpc) is 3.21. The molecule has 0 saturated carbocycles. The molecule has 4 amide bonds. The standard InChI is InChI=1S/C37H62N6O20/c1-6-12-58-37-26(41-17(4)45)30(29(23(62-37)14-59-18(5)46)63-36-25(39)28(49)27(48)22(13-44)61-36)60-16(3)32(51)40-15(2)31(50)43-21(35(56)57)10-11-24(47)42-20(34(54)55)9-7-8-19(38)33(52)53/h15-16,19-23,25-30,36-37,44,48-49H,6-14,38-39H2,1-5H3,(H,40,51)(H,41,45)(H,42,47)(H,43,50)(H,52,53)(H,54,55)(H,56,57)/t15-,16+,19+,20-,21+,22+,23+,25+,26+,27+,28+,29+,30+,36-,37-/m0/s1. The minimum Gasteiger partial charge on any atom is -0.480 e. The highest BCUT2D eigenvalue weighted by molar-refractivity contribution is 5.91. The van der Waals surface area contributed by atoms with Crippen LogP contribution < -0.4 is 32.7 Å². The Kier molecular flexibility index (Phi) is 22.7. The largest absolute Gasteiger partial charge is 0.480 e. The van der Waals surface area contributed by atoms with Crippen molar-refractivity contribution in [1.82, 2.24) is 21.3 Å². The molecule has 2 aliphatic rings. The van der Waals surface area contributed by atoms with Crippen molar-refractivity contribution in [3.05, 3.63) is 0 Å². The summed E-state index contributed by atoms with van der Waals surface area (Å²) in [6.45, 7) is 5.36. The third-order valence-electron chi connectivity index (χ3n) is 9.89. The molecule has 2 fully saturated rings. The number of aliphatic hydroxyl groups is 3. The van der Waals surface area contributed by atoms with Crippen LogP contribution in [0, 0.1) is 0 Å². The second-order valence-corrected chi connectivity index (χ2v) is 15.1. The summed E-state index contributed by atoms with van der Waals surface area (Å²) >= 11 is 0. The Labute approximate surface area is 361 Å². The predicted octanol–water partition coefficient (Wildman–Crippen LogP) is -4.86. The lowest BCUT2D eigenvalue weighted by Gasteiger charge is -2.49. The van der Waals surface area contributed by atoms with E-state index in [2.05, 4.69) is 21.3 Å². The molecule has 15 atom stereocenters. The number of amides is 4. The molecule has 26 nitrogen and oxygen atoms in total. The van der Waals surface area contributed by atoms with Crippen LogP contribution >= 0.6 is 0 Å². The van der Waals surface area contributed by atoms with E-state index in [0.717, 1.165) is 6.92 Å². The summed E-state index contributed by atoms with van der Waals surface area (Å²) in [5.41, 5.74) is 11.6. The number of carbonyl (C=O) groups excluding carboxylic acids is 5. The summed E-state index contributed by atoms with van der Waals surface area (Å²) in [5.74, 6) is -8.45. The SMILES string of the molecule is CCCO[C@H]1O[C@H](COC(C)=O)[C@@H](O[C@@H]2O[C@H](CO)[C@@H](O)[C@H](O)[C@H]2N)[C@H](O[C@H](C)C(=O)N[C@@H](C)C(=O)N[C@H](CCC(=O)N[C@@H](CCC[C@@H](N)C(=O)O)C(=O)O)C(=O)O)[C@H]1NC(C)=O. The first kappa shape index (κ1) is 54.5. The second-order valence-electron chi connectivity index (χ2n) is 15.1. The number of ether oxygens (including phenoxy) is 6. The number of carbonyl (C=O) groups is 8. The van der Waals surface area contributed by atoms with Crippen LogP contribution in [0.5, 0.6) is 0 Å². The molecular weight excluding hydrogens is 848 g/mol. The topological polar surface area (TPSA) is 413 Å². The normalized spacial score (nSPS) is 28.2. The van der Waals surface area contributed by atoms with E-state index in [1.807, 2.05) is 0 Å². The molecule has 63 heavy (non-hydrogen) atoms. The number of aliphatic carboxylic acids is 3. The Balaban J connectivity index is 2.28. The van der Waals surface area contributed by atoms with Crippen molar-refractivity contribution in [2.45, 2.75) is 165 Å². The first-order chi connectivity index (χ1) is 29.5. The summed E-state index contributed by atoms with van der Waals surface area (Å²) in [6.07, 6.45) is -14.1. The lowest BCUT2D eigenvalue weighted by Crippen LogP contribution is -2.69. The van der Waals surface area contributed by atoms with Gasteiger partial charge in [-0.2, -0.15) is 0 Å². The van der Waals surface area contributed by atoms with Crippen LogP contribution in [0.4, 0.5) is 0 Å². The molecule has 0 radical (unpaired) electrons. The van der Waals surface area contributed by atoms with E-state index in [4.69, 9.17) is 45.0 Å². The van der Waals surface area contributed by atoms with E-state index in [0.29, 0.717) is 6.42 Å². The van der Waals surface area contributed by atoms with Crippen LogP contribution in [-0.2, 0) is 66.8 Å². The first-order valence-electron chi connectivity index (χ1n) is 20.2. The second kappa shape index (κ2) is 26.2. The zero-order valence-electron chi connectivity index (χ0n) is 35.6. The van der Waals surface area contributed by atoms with Gasteiger partial charge in [0.1, 0.15) is 79.5 Å². The zero-order chi connectivity index (χ0) is 47.7. The molecule has 26 heteroatoms. The van der Waals surface area contributed by atoms with Gasteiger partial charge in [0, 0.05) is 26.9 Å². The Morgan fingerprint density at radius 3 is 1.95 bits per heavy atom. The number of carboxylic acid groups (broad SMARTS) is 3. The van der Waals surface area contributed by atoms with Crippen molar-refractivity contribution < 1.29 is 97.4 Å². The molecule has 0 unspecified atom stereocenters. The van der Waals surface area contributed by atoms with E-state index in [1.165, 1.54) is 20.8 Å². The molecule has 2 saturated heterocycles. The van der Waals surface area contributed by atoms with Gasteiger partial charge in [0.05, 0.1) is 12.6 Å². The maximum Gasteiger partial charge on any atom is 0.326 e. The van der Waals surface area contributed by atoms with Gasteiger partial charge in [-0.3, -0.25) is 28.8 Å². The number of esters is 1. The summed E-state index contributed by atoms with van der Waals surface area (Å²) < 4.78 is 35.2. The van der Waals surface area contributed by atoms with Crippen LogP contribution in [-0.4, -0.2) is 190 Å². The van der Waals surface area contributed by atoms with Gasteiger partial charge in [0.15, 0.2) is 12.6 Å². The van der Waals surface area contributed by atoms with Gasteiger partial charge in [0.2, 0.25) is 23.6 Å². The van der Waals surface area contributed by atoms with E-state index in [1.54, 1.807) is 6.92 Å². The van der Waals surface area contributed by atoms with E-state index < -0.39 is 165 Å². The van der Waals surface area contributed by atoms with Gasteiger partial charge in [-0.05, 0) is 46.0 Å². The number of aliphatic hydroxyl groups excluding tert-OH is 3. The van der Waals surface area contributed by atoms with Crippen molar-refractivity contribution in [3.63, 3.8) is 0 Å². The van der Waals surface area contributed by atoms with Crippen molar-refractivity contribution in [2.24, 2.45) is 11.5 Å². The minimum atomic E-state index is -1.68. The van der Waals surface area contributed by atoms with Crippen molar-refractivity contribution in [3.8, 4) is 0 Å². The molecule has 0 spiro atoms. The fourth-order valence-corrected chi connectivity index (χ4v) is 6.42. The molecule has 2 rings (SSSR count). The van der Waals surface area contributed by atoms with Crippen LogP contribution in [0.3, 0.4) is 0 Å². The Hall–Kier alpha value is -4.64. The molecule has 0 aromatic rings. The lowest BCUT2D eigenvalue weighted by atomic mass is 9.94. The number of hydrogen-bond donors (Lipinski definition) is 12. The molecule has 0 aromatic carbocycles. The van der Waals surface area contributed by atoms with Gasteiger partial charge >= 0.3 is 23.9 Å². The Morgan fingerprint density at radius 1 is 0.778 bits per heavy atom. The van der Waals surface area contributed by atoms with Gasteiger partial charge in [-0.15, -0.1) is 0 Å². The smallest absolute Gasteiger partial charge is 0.326 e. The van der Waals surface area contributed by atoms with Crippen LogP contribution in [0.15, 0.2) is 0 Å². The first-order valence-corrected chi connectivity index (χ1v) is 20.2. The number of rotatable bonds is 26. The van der Waals surface area contributed by atoms with Crippen molar-refractivity contribution >= 4 is 47.5 Å². The maximum absolute atomic E-state index is 13.6. The molecule has 2 aliphatic heterocycles. The quantitative estimate of drug-likeness (QED) is 0.0362. The molecule has 0 bridgehead atoms. The Morgan fingerprint density at radius 2 is 1.40 bits per heavy atom. The Bertz CT molecular complexity index is 1570. The van der Waals surface area contributed by atoms with Crippen molar-refractivity contribution in [2.75, 3.05) is 19.8 Å². The molecule has 0 aliphatic carbocycles. The summed E-state index contributed by atoms with van der Waals surface area (Å²) in [7, 11) is 0. The van der Waals surface area contributed by atoms with Gasteiger partial charge in [0.25, 0.3) is 0 Å². The van der Waals surface area contributed by atoms with Crippen LogP contribution in [0.25, 0.3) is 0 Å². The average molecular weight is 911 g/mol. The highest BCUT2D eigenvalue weighted by atomic mass is 16.7. The molecule has 0 aromatic heterocycles. The summed E-state index contributed by atoms with van der Waals surface area (Å²) in [4.78, 5) is 98.4. The predicted molar refractivity (Wildman–Crippen MR) is 210 cm³/mol. The maximum atomic E-state index is 13.6. The highest BCUT2D eigenvalue weighted by Crippen LogP contribution is 2.32. The van der Waals surface area contributed by atoms with E-state index in [9.17, 15) is 63.9 Å². The summed E-state index contributed by atoms with van der Waals surface area (Å²) in [5, 5.41) is 68.4. The minimum absolute atomic E-state index is 0.0440. The van der Waals surface area contributed by atoms with Gasteiger partial charge in [-0.1, -0.05) is 6.92 Å². The molecule has 360 valence electrons. The summed E-state index contributed by atoms with van der Waals surface area (Å²) in [6, 6.07) is -8.50. The third-order valence-corrected chi connectivity index (χ3v) is 9.89. The number of carboxylic acids is 3. The molecular formula is C37H62N6O20.